The summed E-state index contributed by atoms with van der Waals surface area (Å²) in [6.07, 6.45) is 4.91. The lowest BCUT2D eigenvalue weighted by molar-refractivity contribution is 0.630. The molecule has 0 saturated heterocycles. The van der Waals surface area contributed by atoms with Crippen LogP contribution in [0.4, 0.5) is 4.39 Å². The summed E-state index contributed by atoms with van der Waals surface area (Å²) >= 11 is 0. The number of aromatic nitrogens is 3. The summed E-state index contributed by atoms with van der Waals surface area (Å²) < 4.78 is 13.0. The highest BCUT2D eigenvalue weighted by Crippen LogP contribution is 2.22. The fraction of sp³-hybridized carbons (Fsp3) is 0. The van der Waals surface area contributed by atoms with E-state index >= 15 is 0 Å². The van der Waals surface area contributed by atoms with Crippen molar-refractivity contribution in [1.29, 1.82) is 0 Å². The van der Waals surface area contributed by atoms with Gasteiger partial charge >= 0.3 is 0 Å². The van der Waals surface area contributed by atoms with E-state index in [0.717, 1.165) is 22.3 Å². The topological polar surface area (TPSA) is 41.6 Å². The van der Waals surface area contributed by atoms with Gasteiger partial charge in [0.25, 0.3) is 0 Å². The standard InChI is InChI=1S/C12H8FN3/c13-9-1-2-10-8(5-9)6-11(16-10)12-7-14-3-4-15-12/h1-7,16H. The number of halogens is 1. The highest BCUT2D eigenvalue weighted by Gasteiger charge is 2.04. The summed E-state index contributed by atoms with van der Waals surface area (Å²) in [5.41, 5.74) is 2.48. The molecule has 2 aromatic heterocycles. The van der Waals surface area contributed by atoms with Crippen molar-refractivity contribution in [3.05, 3.63) is 48.7 Å². The zero-order valence-electron chi connectivity index (χ0n) is 8.31. The summed E-state index contributed by atoms with van der Waals surface area (Å²) in [5, 5.41) is 0.834. The largest absolute Gasteiger partial charge is 0.353 e. The molecule has 0 unspecified atom stereocenters. The van der Waals surface area contributed by atoms with E-state index in [1.54, 1.807) is 24.7 Å². The molecule has 0 aliphatic heterocycles. The first-order valence-electron chi connectivity index (χ1n) is 4.87. The lowest BCUT2D eigenvalue weighted by Crippen LogP contribution is -1.82. The number of nitrogens with one attached hydrogen (secondary N) is 1. The molecule has 0 aliphatic carbocycles. The van der Waals surface area contributed by atoms with Crippen molar-refractivity contribution in [3.63, 3.8) is 0 Å². The molecule has 0 aliphatic rings. The van der Waals surface area contributed by atoms with Crippen LogP contribution in [-0.2, 0) is 0 Å². The lowest BCUT2D eigenvalue weighted by atomic mass is 10.2. The van der Waals surface area contributed by atoms with E-state index in [1.807, 2.05) is 6.07 Å². The van der Waals surface area contributed by atoms with Gasteiger partial charge in [-0.25, -0.2) is 4.39 Å². The van der Waals surface area contributed by atoms with Crippen molar-refractivity contribution in [2.75, 3.05) is 0 Å². The van der Waals surface area contributed by atoms with Crippen molar-refractivity contribution in [2.24, 2.45) is 0 Å². The van der Waals surface area contributed by atoms with Gasteiger partial charge in [-0.2, -0.15) is 0 Å². The smallest absolute Gasteiger partial charge is 0.123 e. The number of H-pyrrole nitrogens is 1. The number of rotatable bonds is 1. The highest BCUT2D eigenvalue weighted by atomic mass is 19.1. The number of aromatic amines is 1. The third kappa shape index (κ3) is 1.44. The summed E-state index contributed by atoms with van der Waals surface area (Å²) in [7, 11) is 0. The minimum Gasteiger partial charge on any atom is -0.353 e. The second-order valence-electron chi connectivity index (χ2n) is 3.51. The predicted molar refractivity (Wildman–Crippen MR) is 59.3 cm³/mol. The van der Waals surface area contributed by atoms with E-state index < -0.39 is 0 Å². The van der Waals surface area contributed by atoms with Crippen LogP contribution in [0.5, 0.6) is 0 Å². The fourth-order valence-electron chi connectivity index (χ4n) is 1.68. The molecular weight excluding hydrogens is 205 g/mol. The quantitative estimate of drug-likeness (QED) is 0.675. The first kappa shape index (κ1) is 9.03. The van der Waals surface area contributed by atoms with Crippen LogP contribution in [-0.4, -0.2) is 15.0 Å². The van der Waals surface area contributed by atoms with Gasteiger partial charge in [0.15, 0.2) is 0 Å². The van der Waals surface area contributed by atoms with E-state index in [1.165, 1.54) is 12.1 Å². The normalized spacial score (nSPS) is 10.8. The Labute approximate surface area is 91.0 Å². The molecule has 0 radical (unpaired) electrons. The maximum absolute atomic E-state index is 13.0. The van der Waals surface area contributed by atoms with E-state index in [2.05, 4.69) is 15.0 Å². The minimum absolute atomic E-state index is 0.239. The number of nitrogens with zero attached hydrogens (tertiary/aromatic N) is 2. The van der Waals surface area contributed by atoms with Gasteiger partial charge in [-0.3, -0.25) is 9.97 Å². The number of benzene rings is 1. The van der Waals surface area contributed by atoms with Crippen molar-refractivity contribution >= 4 is 10.9 Å². The third-order valence-electron chi connectivity index (χ3n) is 2.42. The number of hydrogen-bond donors (Lipinski definition) is 1. The Hall–Kier alpha value is -2.23. The Balaban J connectivity index is 2.19. The fourth-order valence-corrected chi connectivity index (χ4v) is 1.68. The summed E-state index contributed by atoms with van der Waals surface area (Å²) in [6.45, 7) is 0. The molecule has 4 heteroatoms. The second-order valence-corrected chi connectivity index (χ2v) is 3.51. The maximum atomic E-state index is 13.0. The summed E-state index contributed by atoms with van der Waals surface area (Å²) in [5.74, 6) is -0.239. The van der Waals surface area contributed by atoms with Crippen LogP contribution in [0.1, 0.15) is 0 Å². The van der Waals surface area contributed by atoms with Gasteiger partial charge in [0.1, 0.15) is 11.5 Å². The van der Waals surface area contributed by atoms with Gasteiger partial charge in [-0.1, -0.05) is 0 Å². The molecule has 2 heterocycles. The maximum Gasteiger partial charge on any atom is 0.123 e. The Kier molecular flexibility index (Phi) is 1.93. The van der Waals surface area contributed by atoms with Crippen molar-refractivity contribution in [1.82, 2.24) is 15.0 Å². The molecule has 0 amide bonds. The molecule has 1 aromatic carbocycles. The molecule has 3 nitrogen and oxygen atoms in total. The van der Waals surface area contributed by atoms with Crippen molar-refractivity contribution in [3.8, 4) is 11.4 Å². The van der Waals surface area contributed by atoms with E-state index in [4.69, 9.17) is 0 Å². The van der Waals surface area contributed by atoms with Gasteiger partial charge < -0.3 is 4.98 Å². The Morgan fingerprint density at radius 1 is 1.12 bits per heavy atom. The van der Waals surface area contributed by atoms with Gasteiger partial charge in [0.2, 0.25) is 0 Å². The number of fused-ring (bicyclic) bond motifs is 1. The molecular formula is C12H8FN3. The van der Waals surface area contributed by atoms with Crippen molar-refractivity contribution in [2.45, 2.75) is 0 Å². The lowest BCUT2D eigenvalue weighted by Gasteiger charge is -1.93. The zero-order valence-corrected chi connectivity index (χ0v) is 8.31. The van der Waals surface area contributed by atoms with Crippen LogP contribution >= 0.6 is 0 Å². The Bertz CT molecular complexity index is 631. The van der Waals surface area contributed by atoms with E-state index in [-0.39, 0.29) is 5.82 Å². The molecule has 0 fully saturated rings. The molecule has 1 N–H and O–H groups in total. The summed E-state index contributed by atoms with van der Waals surface area (Å²) in [6, 6.07) is 6.50. The Morgan fingerprint density at radius 3 is 2.88 bits per heavy atom. The molecule has 0 atom stereocenters. The molecule has 3 rings (SSSR count). The molecule has 0 spiro atoms. The van der Waals surface area contributed by atoms with Crippen molar-refractivity contribution < 1.29 is 4.39 Å². The Morgan fingerprint density at radius 2 is 2.06 bits per heavy atom. The molecule has 0 saturated carbocycles. The minimum atomic E-state index is -0.239. The summed E-state index contributed by atoms with van der Waals surface area (Å²) in [4.78, 5) is 11.3. The molecule has 0 bridgehead atoms. The average molecular weight is 213 g/mol. The monoisotopic (exact) mass is 213 g/mol. The second kappa shape index (κ2) is 3.41. The first-order valence-corrected chi connectivity index (χ1v) is 4.87. The van der Waals surface area contributed by atoms with Crippen LogP contribution in [0.3, 0.4) is 0 Å². The van der Waals surface area contributed by atoms with Crippen LogP contribution in [0.25, 0.3) is 22.3 Å². The molecule has 78 valence electrons. The van der Waals surface area contributed by atoms with Crippen LogP contribution in [0.2, 0.25) is 0 Å². The molecule has 16 heavy (non-hydrogen) atoms. The van der Waals surface area contributed by atoms with Gasteiger partial charge in [0, 0.05) is 23.3 Å². The van der Waals surface area contributed by atoms with Gasteiger partial charge in [-0.15, -0.1) is 0 Å². The zero-order chi connectivity index (χ0) is 11.0. The van der Waals surface area contributed by atoms with Crippen LogP contribution in [0, 0.1) is 5.82 Å². The number of hydrogen-bond acceptors (Lipinski definition) is 2. The van der Waals surface area contributed by atoms with E-state index in [0.29, 0.717) is 0 Å². The SMILES string of the molecule is Fc1ccc2[nH]c(-c3cnccn3)cc2c1. The van der Waals surface area contributed by atoms with Gasteiger partial charge in [-0.05, 0) is 24.3 Å². The first-order chi connectivity index (χ1) is 7.83. The molecule has 3 aromatic rings. The van der Waals surface area contributed by atoms with Crippen LogP contribution in [0.15, 0.2) is 42.9 Å². The average Bonchev–Trinajstić information content (AvgIpc) is 2.73. The van der Waals surface area contributed by atoms with Crippen LogP contribution < -0.4 is 0 Å². The predicted octanol–water partition coefficient (Wildman–Crippen LogP) is 2.76. The highest BCUT2D eigenvalue weighted by molar-refractivity contribution is 5.85. The van der Waals surface area contributed by atoms with E-state index in [9.17, 15) is 4.39 Å². The van der Waals surface area contributed by atoms with Gasteiger partial charge in [0.05, 0.1) is 11.9 Å². The third-order valence-corrected chi connectivity index (χ3v) is 2.42.